The lowest BCUT2D eigenvalue weighted by molar-refractivity contribution is -0.114. The van der Waals surface area contributed by atoms with Gasteiger partial charge >= 0.3 is 0 Å². The summed E-state index contributed by atoms with van der Waals surface area (Å²) in [6.45, 7) is 3.80. The van der Waals surface area contributed by atoms with Crippen LogP contribution in [0.5, 0.6) is 0 Å². The number of piperazine rings is 1. The molecule has 3 rings (SSSR count). The molecular weight excluding hydrogens is 396 g/mol. The van der Waals surface area contributed by atoms with Crippen molar-refractivity contribution in [2.45, 2.75) is 18.2 Å². The molecule has 1 heterocycles. The molecule has 0 radical (unpaired) electrons. The summed E-state index contributed by atoms with van der Waals surface area (Å²) in [7, 11) is -3.58. The smallest absolute Gasteiger partial charge is 0.243 e. The third kappa shape index (κ3) is 4.82. The Labute approximate surface area is 171 Å². The van der Waals surface area contributed by atoms with Crippen LogP contribution in [0.2, 0.25) is 5.02 Å². The van der Waals surface area contributed by atoms with Gasteiger partial charge in [-0.05, 0) is 42.0 Å². The van der Waals surface area contributed by atoms with E-state index in [0.29, 0.717) is 43.2 Å². The Morgan fingerprint density at radius 2 is 1.79 bits per heavy atom. The van der Waals surface area contributed by atoms with Gasteiger partial charge in [-0.1, -0.05) is 42.8 Å². The lowest BCUT2D eigenvalue weighted by Gasteiger charge is -2.35. The molecule has 2 aromatic rings. The minimum atomic E-state index is -3.58. The second kappa shape index (κ2) is 8.90. The maximum atomic E-state index is 13.0. The summed E-state index contributed by atoms with van der Waals surface area (Å²) in [5, 5.41) is 0.666. The van der Waals surface area contributed by atoms with Crippen LogP contribution in [0, 0.1) is 0 Å². The van der Waals surface area contributed by atoms with Gasteiger partial charge in [-0.3, -0.25) is 4.79 Å². The van der Waals surface area contributed by atoms with Gasteiger partial charge < -0.3 is 4.90 Å². The fraction of sp³-hybridized carbons (Fsp3) is 0.286. The number of allylic oxidation sites excluding steroid dienone is 1. The molecule has 0 atom stereocenters. The van der Waals surface area contributed by atoms with Crippen molar-refractivity contribution in [1.29, 1.82) is 0 Å². The maximum absolute atomic E-state index is 13.0. The summed E-state index contributed by atoms with van der Waals surface area (Å²) < 4.78 is 27.6. The SMILES string of the molecule is CCC(=O)/C=C/c1cccc(S(=O)(=O)N2CCN(c3cccc(Cl)c3)CC2)c1. The van der Waals surface area contributed by atoms with Gasteiger partial charge in [-0.25, -0.2) is 8.42 Å². The zero-order valence-electron chi connectivity index (χ0n) is 15.7. The number of carbonyl (C=O) groups is 1. The van der Waals surface area contributed by atoms with Gasteiger partial charge in [0.25, 0.3) is 0 Å². The summed E-state index contributed by atoms with van der Waals surface area (Å²) in [5.41, 5.74) is 1.69. The number of benzene rings is 2. The lowest BCUT2D eigenvalue weighted by atomic mass is 10.2. The van der Waals surface area contributed by atoms with Gasteiger partial charge in [0, 0.05) is 43.3 Å². The standard InChI is InChI=1S/C21H23ClN2O3S/c1-2-20(25)10-9-17-5-3-8-21(15-17)28(26,27)24-13-11-23(12-14-24)19-7-4-6-18(22)16-19/h3-10,15-16H,2,11-14H2,1H3/b10-9+. The molecule has 0 N–H and O–H groups in total. The Balaban J connectivity index is 1.72. The highest BCUT2D eigenvalue weighted by atomic mass is 35.5. The molecule has 5 nitrogen and oxygen atoms in total. The third-order valence-electron chi connectivity index (χ3n) is 4.72. The van der Waals surface area contributed by atoms with Crippen LogP contribution < -0.4 is 4.90 Å². The second-order valence-electron chi connectivity index (χ2n) is 6.60. The highest BCUT2D eigenvalue weighted by molar-refractivity contribution is 7.89. The van der Waals surface area contributed by atoms with Crippen LogP contribution in [0.3, 0.4) is 0 Å². The molecule has 1 aliphatic rings. The van der Waals surface area contributed by atoms with Gasteiger partial charge in [0.15, 0.2) is 5.78 Å². The molecule has 0 spiro atoms. The molecule has 7 heteroatoms. The minimum Gasteiger partial charge on any atom is -0.369 e. The second-order valence-corrected chi connectivity index (χ2v) is 8.97. The zero-order chi connectivity index (χ0) is 20.1. The Bertz CT molecular complexity index is 981. The van der Waals surface area contributed by atoms with Crippen LogP contribution in [-0.2, 0) is 14.8 Å². The van der Waals surface area contributed by atoms with E-state index < -0.39 is 10.0 Å². The number of rotatable bonds is 6. The van der Waals surface area contributed by atoms with E-state index in [2.05, 4.69) is 4.90 Å². The van der Waals surface area contributed by atoms with Crippen molar-refractivity contribution in [2.24, 2.45) is 0 Å². The molecule has 0 aromatic heterocycles. The monoisotopic (exact) mass is 418 g/mol. The average Bonchev–Trinajstić information content (AvgIpc) is 2.72. The van der Waals surface area contributed by atoms with E-state index in [1.165, 1.54) is 10.4 Å². The summed E-state index contributed by atoms with van der Waals surface area (Å²) in [6, 6.07) is 14.3. The van der Waals surface area contributed by atoms with E-state index in [9.17, 15) is 13.2 Å². The van der Waals surface area contributed by atoms with Crippen LogP contribution >= 0.6 is 11.6 Å². The molecular formula is C21H23ClN2O3S. The van der Waals surface area contributed by atoms with Crippen molar-refractivity contribution in [2.75, 3.05) is 31.1 Å². The number of anilines is 1. The molecule has 148 valence electrons. The molecule has 1 aliphatic heterocycles. The van der Waals surface area contributed by atoms with E-state index in [1.807, 2.05) is 24.3 Å². The third-order valence-corrected chi connectivity index (χ3v) is 6.85. The predicted molar refractivity (Wildman–Crippen MR) is 113 cm³/mol. The van der Waals surface area contributed by atoms with Crippen LogP contribution in [0.1, 0.15) is 18.9 Å². The van der Waals surface area contributed by atoms with Crippen molar-refractivity contribution < 1.29 is 13.2 Å². The first-order chi connectivity index (χ1) is 13.4. The summed E-state index contributed by atoms with van der Waals surface area (Å²) in [4.78, 5) is 13.8. The molecule has 1 fully saturated rings. The van der Waals surface area contributed by atoms with Crippen LogP contribution in [0.15, 0.2) is 59.5 Å². The van der Waals surface area contributed by atoms with Crippen molar-refractivity contribution in [3.05, 3.63) is 65.2 Å². The van der Waals surface area contributed by atoms with E-state index in [-0.39, 0.29) is 10.7 Å². The summed E-state index contributed by atoms with van der Waals surface area (Å²) in [6.07, 6.45) is 3.56. The zero-order valence-corrected chi connectivity index (χ0v) is 17.3. The number of nitrogens with zero attached hydrogens (tertiary/aromatic N) is 2. The largest absolute Gasteiger partial charge is 0.369 e. The topological polar surface area (TPSA) is 57.7 Å². The molecule has 0 bridgehead atoms. The Hall–Kier alpha value is -2.15. The molecule has 0 aliphatic carbocycles. The van der Waals surface area contributed by atoms with Gasteiger partial charge in [-0.15, -0.1) is 0 Å². The minimum absolute atomic E-state index is 0.00500. The summed E-state index contributed by atoms with van der Waals surface area (Å²) >= 11 is 6.06. The highest BCUT2D eigenvalue weighted by Crippen LogP contribution is 2.24. The number of sulfonamides is 1. The first kappa shape index (κ1) is 20.6. The molecule has 0 unspecified atom stereocenters. The van der Waals surface area contributed by atoms with Gasteiger partial charge in [0.2, 0.25) is 10.0 Å². The molecule has 28 heavy (non-hydrogen) atoms. The first-order valence-corrected chi connectivity index (χ1v) is 11.0. The fourth-order valence-corrected chi connectivity index (χ4v) is 4.76. The van der Waals surface area contributed by atoms with Crippen LogP contribution in [0.25, 0.3) is 6.08 Å². The highest BCUT2D eigenvalue weighted by Gasteiger charge is 2.28. The Kier molecular flexibility index (Phi) is 6.54. The number of hydrogen-bond acceptors (Lipinski definition) is 4. The predicted octanol–water partition coefficient (Wildman–Crippen LogP) is 3.84. The van der Waals surface area contributed by atoms with Gasteiger partial charge in [-0.2, -0.15) is 4.31 Å². The maximum Gasteiger partial charge on any atom is 0.243 e. The van der Waals surface area contributed by atoms with Crippen molar-refractivity contribution >= 4 is 39.2 Å². The van der Waals surface area contributed by atoms with Gasteiger partial charge in [0.1, 0.15) is 0 Å². The van der Waals surface area contributed by atoms with E-state index in [0.717, 1.165) is 5.69 Å². The van der Waals surface area contributed by atoms with Gasteiger partial charge in [0.05, 0.1) is 4.90 Å². The van der Waals surface area contributed by atoms with E-state index >= 15 is 0 Å². The molecule has 2 aromatic carbocycles. The average molecular weight is 419 g/mol. The van der Waals surface area contributed by atoms with Crippen LogP contribution in [-0.4, -0.2) is 44.7 Å². The fourth-order valence-electron chi connectivity index (χ4n) is 3.09. The number of hydrogen-bond donors (Lipinski definition) is 0. The quantitative estimate of drug-likeness (QED) is 0.669. The summed E-state index contributed by atoms with van der Waals surface area (Å²) in [5.74, 6) is 0.00500. The van der Waals surface area contributed by atoms with Crippen molar-refractivity contribution in [1.82, 2.24) is 4.31 Å². The van der Waals surface area contributed by atoms with Crippen molar-refractivity contribution in [3.63, 3.8) is 0 Å². The lowest BCUT2D eigenvalue weighted by Crippen LogP contribution is -2.48. The molecule has 1 saturated heterocycles. The number of carbonyl (C=O) groups excluding carboxylic acids is 1. The number of halogens is 1. The Morgan fingerprint density at radius 3 is 2.46 bits per heavy atom. The van der Waals surface area contributed by atoms with E-state index in [1.54, 1.807) is 37.3 Å². The van der Waals surface area contributed by atoms with E-state index in [4.69, 9.17) is 11.6 Å². The first-order valence-electron chi connectivity index (χ1n) is 9.22. The normalized spacial score (nSPS) is 15.9. The Morgan fingerprint density at radius 1 is 1.07 bits per heavy atom. The van der Waals surface area contributed by atoms with Crippen molar-refractivity contribution in [3.8, 4) is 0 Å². The van der Waals surface area contributed by atoms with Crippen LogP contribution in [0.4, 0.5) is 5.69 Å². The molecule has 0 saturated carbocycles. The number of ketones is 1. The molecule has 0 amide bonds.